The Kier molecular flexibility index (Phi) is 4.60. The lowest BCUT2D eigenvalue weighted by Gasteiger charge is -2.27. The monoisotopic (exact) mass is 448 g/mol. The summed E-state index contributed by atoms with van der Waals surface area (Å²) in [4.78, 5) is 28.0. The number of benzene rings is 3. The van der Waals surface area contributed by atoms with Gasteiger partial charge < -0.3 is 9.64 Å². The second-order valence-corrected chi connectivity index (χ2v) is 9.60. The van der Waals surface area contributed by atoms with Gasteiger partial charge in [-0.15, -0.1) is 0 Å². The SMILES string of the molecule is N#CCc1cccc(-c2ccc(C3(C(=O)N4CC[C@@]5(C4)OC(=O)c4ccccc45)CC3)cc2)c1. The number of rotatable bonds is 4. The predicted octanol–water partition coefficient (Wildman–Crippen LogP) is 4.75. The number of esters is 1. The van der Waals surface area contributed by atoms with Gasteiger partial charge in [-0.3, -0.25) is 4.79 Å². The van der Waals surface area contributed by atoms with Gasteiger partial charge >= 0.3 is 5.97 Å². The standard InChI is InChI=1S/C29H24N2O3/c30-16-12-20-4-3-5-22(18-20)21-8-10-23(11-9-21)28(13-14-28)27(33)31-17-15-29(19-31)25-7-2-1-6-24(25)26(32)34-29/h1-11,18H,12-15,17,19H2/t29-/m0/s1. The molecule has 168 valence electrons. The third-order valence-corrected chi connectivity index (χ3v) is 7.59. The van der Waals surface area contributed by atoms with Gasteiger partial charge in [0.1, 0.15) is 0 Å². The molecule has 2 fully saturated rings. The Labute approximate surface area is 198 Å². The lowest BCUT2D eigenvalue weighted by molar-refractivity contribution is -0.134. The summed E-state index contributed by atoms with van der Waals surface area (Å²) in [5.41, 5.74) is 4.51. The topological polar surface area (TPSA) is 70.4 Å². The van der Waals surface area contributed by atoms with Gasteiger partial charge in [-0.2, -0.15) is 5.26 Å². The van der Waals surface area contributed by atoms with Gasteiger partial charge in [-0.05, 0) is 41.2 Å². The highest BCUT2D eigenvalue weighted by Crippen LogP contribution is 2.52. The molecular weight excluding hydrogens is 424 g/mol. The summed E-state index contributed by atoms with van der Waals surface area (Å²) in [5, 5.41) is 8.97. The maximum Gasteiger partial charge on any atom is 0.339 e. The summed E-state index contributed by atoms with van der Waals surface area (Å²) in [6, 6.07) is 26.0. The van der Waals surface area contributed by atoms with Gasteiger partial charge in [0, 0.05) is 18.5 Å². The van der Waals surface area contributed by atoms with Crippen LogP contribution in [0.1, 0.15) is 46.3 Å². The first-order valence-electron chi connectivity index (χ1n) is 11.7. The van der Waals surface area contributed by atoms with Gasteiger partial charge in [0.25, 0.3) is 0 Å². The molecule has 0 aromatic heterocycles. The van der Waals surface area contributed by atoms with Gasteiger partial charge in [0.15, 0.2) is 5.60 Å². The third kappa shape index (κ3) is 3.13. The molecule has 2 heterocycles. The Balaban J connectivity index is 1.23. The van der Waals surface area contributed by atoms with E-state index in [1.165, 1.54) is 0 Å². The van der Waals surface area contributed by atoms with Crippen molar-refractivity contribution >= 4 is 11.9 Å². The molecule has 0 N–H and O–H groups in total. The summed E-state index contributed by atoms with van der Waals surface area (Å²) >= 11 is 0. The van der Waals surface area contributed by atoms with Crippen molar-refractivity contribution in [3.63, 3.8) is 0 Å². The Morgan fingerprint density at radius 1 is 0.971 bits per heavy atom. The number of amides is 1. The number of ether oxygens (including phenoxy) is 1. The largest absolute Gasteiger partial charge is 0.449 e. The van der Waals surface area contributed by atoms with Crippen molar-refractivity contribution in [2.75, 3.05) is 13.1 Å². The van der Waals surface area contributed by atoms with Crippen LogP contribution < -0.4 is 0 Å². The lowest BCUT2D eigenvalue weighted by atomic mass is 9.91. The highest BCUT2D eigenvalue weighted by Gasteiger charge is 2.57. The minimum absolute atomic E-state index is 0.133. The quantitative estimate of drug-likeness (QED) is 0.540. The van der Waals surface area contributed by atoms with E-state index in [0.717, 1.165) is 40.7 Å². The molecule has 1 saturated carbocycles. The molecule has 1 aliphatic carbocycles. The van der Waals surface area contributed by atoms with Gasteiger partial charge in [0.2, 0.25) is 5.91 Å². The fourth-order valence-corrected chi connectivity index (χ4v) is 5.59. The highest BCUT2D eigenvalue weighted by molar-refractivity contribution is 5.96. The van der Waals surface area contributed by atoms with E-state index < -0.39 is 11.0 Å². The first-order chi connectivity index (χ1) is 16.5. The van der Waals surface area contributed by atoms with Crippen molar-refractivity contribution in [2.45, 2.75) is 36.7 Å². The maximum absolute atomic E-state index is 13.7. The smallest absolute Gasteiger partial charge is 0.339 e. The number of nitrogens with zero attached hydrogens (tertiary/aromatic N) is 2. The minimum Gasteiger partial charge on any atom is -0.449 e. The summed E-state index contributed by atoms with van der Waals surface area (Å²) in [6.45, 7) is 1.01. The van der Waals surface area contributed by atoms with Gasteiger partial charge in [-0.25, -0.2) is 4.79 Å². The van der Waals surface area contributed by atoms with Crippen molar-refractivity contribution in [1.29, 1.82) is 5.26 Å². The zero-order chi connectivity index (χ0) is 23.3. The molecule has 5 nitrogen and oxygen atoms in total. The molecule has 1 spiro atoms. The van der Waals surface area contributed by atoms with E-state index in [2.05, 4.69) is 30.3 Å². The van der Waals surface area contributed by atoms with Crippen molar-refractivity contribution in [3.05, 3.63) is 95.1 Å². The minimum atomic E-state index is -0.711. The van der Waals surface area contributed by atoms with Crippen LogP contribution in [-0.4, -0.2) is 29.9 Å². The maximum atomic E-state index is 13.7. The fourth-order valence-electron chi connectivity index (χ4n) is 5.59. The second kappa shape index (κ2) is 7.56. The predicted molar refractivity (Wildman–Crippen MR) is 127 cm³/mol. The Bertz CT molecular complexity index is 1350. The Morgan fingerprint density at radius 2 is 1.76 bits per heavy atom. The summed E-state index contributed by atoms with van der Waals surface area (Å²) in [7, 11) is 0. The molecule has 1 atom stereocenters. The van der Waals surface area contributed by atoms with Crippen LogP contribution in [0.25, 0.3) is 11.1 Å². The highest BCUT2D eigenvalue weighted by atomic mass is 16.6. The van der Waals surface area contributed by atoms with E-state index in [1.54, 1.807) is 6.07 Å². The second-order valence-electron chi connectivity index (χ2n) is 9.60. The number of carbonyl (C=O) groups excluding carboxylic acids is 2. The molecule has 34 heavy (non-hydrogen) atoms. The Morgan fingerprint density at radius 3 is 2.53 bits per heavy atom. The van der Waals surface area contributed by atoms with Crippen LogP contribution in [0.2, 0.25) is 0 Å². The lowest BCUT2D eigenvalue weighted by Crippen LogP contribution is -2.40. The van der Waals surface area contributed by atoms with Gasteiger partial charge in [0.05, 0.1) is 30.0 Å². The van der Waals surface area contributed by atoms with Crippen LogP contribution in [0.4, 0.5) is 0 Å². The molecule has 1 amide bonds. The number of hydrogen-bond acceptors (Lipinski definition) is 4. The molecular formula is C29H24N2O3. The molecule has 0 bridgehead atoms. The van der Waals surface area contributed by atoms with Crippen LogP contribution in [0, 0.1) is 11.3 Å². The first-order valence-corrected chi connectivity index (χ1v) is 11.7. The molecule has 3 aliphatic rings. The fraction of sp³-hybridized carbons (Fsp3) is 0.276. The average Bonchev–Trinajstić information content (AvgIpc) is 3.50. The van der Waals surface area contributed by atoms with E-state index in [0.29, 0.717) is 31.5 Å². The van der Waals surface area contributed by atoms with Crippen molar-refractivity contribution in [2.24, 2.45) is 0 Å². The van der Waals surface area contributed by atoms with Crippen LogP contribution in [-0.2, 0) is 27.0 Å². The molecule has 0 radical (unpaired) electrons. The molecule has 1 saturated heterocycles. The molecule has 5 heteroatoms. The third-order valence-electron chi connectivity index (χ3n) is 7.59. The van der Waals surface area contributed by atoms with Crippen LogP contribution in [0.5, 0.6) is 0 Å². The number of fused-ring (bicyclic) bond motifs is 2. The number of nitriles is 1. The van der Waals surface area contributed by atoms with Gasteiger partial charge in [-0.1, -0.05) is 66.7 Å². The molecule has 3 aromatic carbocycles. The molecule has 3 aromatic rings. The van der Waals surface area contributed by atoms with Crippen molar-refractivity contribution in [3.8, 4) is 17.2 Å². The summed E-state index contributed by atoms with van der Waals surface area (Å²) < 4.78 is 5.84. The first kappa shape index (κ1) is 20.7. The van der Waals surface area contributed by atoms with Crippen molar-refractivity contribution in [1.82, 2.24) is 4.90 Å². The van der Waals surface area contributed by atoms with E-state index in [-0.39, 0.29) is 11.9 Å². The van der Waals surface area contributed by atoms with Crippen molar-refractivity contribution < 1.29 is 14.3 Å². The Hall–Kier alpha value is -3.91. The van der Waals surface area contributed by atoms with Crippen LogP contribution in [0.3, 0.4) is 0 Å². The van der Waals surface area contributed by atoms with E-state index in [4.69, 9.17) is 10.00 Å². The van der Waals surface area contributed by atoms with Crippen LogP contribution >= 0.6 is 0 Å². The molecule has 0 unspecified atom stereocenters. The molecule has 6 rings (SSSR count). The number of likely N-dealkylation sites (tertiary alicyclic amines) is 1. The van der Waals surface area contributed by atoms with Crippen LogP contribution in [0.15, 0.2) is 72.8 Å². The van der Waals surface area contributed by atoms with E-state index >= 15 is 0 Å². The zero-order valence-electron chi connectivity index (χ0n) is 18.8. The number of carbonyl (C=O) groups is 2. The summed E-state index contributed by atoms with van der Waals surface area (Å²) in [5.74, 6) is -0.158. The zero-order valence-corrected chi connectivity index (χ0v) is 18.8. The average molecular weight is 449 g/mol. The van der Waals surface area contributed by atoms with E-state index in [9.17, 15) is 9.59 Å². The molecule has 2 aliphatic heterocycles. The normalized spacial score (nSPS) is 21.7. The summed E-state index contributed by atoms with van der Waals surface area (Å²) in [6.07, 6.45) is 2.70. The van der Waals surface area contributed by atoms with E-state index in [1.807, 2.05) is 47.4 Å². The number of hydrogen-bond donors (Lipinski definition) is 0.